The third-order valence-corrected chi connectivity index (χ3v) is 5.00. The highest BCUT2D eigenvalue weighted by Crippen LogP contribution is 2.36. The molecule has 0 aromatic heterocycles. The van der Waals surface area contributed by atoms with Gasteiger partial charge in [-0.25, -0.2) is 0 Å². The zero-order chi connectivity index (χ0) is 18.4. The van der Waals surface area contributed by atoms with Crippen LogP contribution in [0.2, 0.25) is 0 Å². The molecule has 136 valence electrons. The van der Waals surface area contributed by atoms with Gasteiger partial charge in [-0.15, -0.1) is 0 Å². The second-order valence-electron chi connectivity index (χ2n) is 6.16. The van der Waals surface area contributed by atoms with Crippen LogP contribution in [-0.2, 0) is 4.79 Å². The summed E-state index contributed by atoms with van der Waals surface area (Å²) in [6.07, 6.45) is 1.95. The molecule has 1 fully saturated rings. The lowest BCUT2D eigenvalue weighted by molar-refractivity contribution is -0.135. The van der Waals surface area contributed by atoms with Gasteiger partial charge in [0.05, 0.1) is 22.7 Å². The van der Waals surface area contributed by atoms with Crippen molar-refractivity contribution in [2.45, 2.75) is 25.8 Å². The number of ether oxygens (including phenoxy) is 2. The minimum absolute atomic E-state index is 0.0618. The number of likely N-dealkylation sites (N-methyl/N-ethyl adjacent to an activating group) is 1. The van der Waals surface area contributed by atoms with E-state index in [4.69, 9.17) is 14.7 Å². The first-order valence-corrected chi connectivity index (χ1v) is 9.19. The second kappa shape index (κ2) is 9.07. The van der Waals surface area contributed by atoms with Crippen LogP contribution in [0, 0.1) is 11.3 Å². The van der Waals surface area contributed by atoms with E-state index in [0.29, 0.717) is 28.1 Å². The van der Waals surface area contributed by atoms with Gasteiger partial charge < -0.3 is 19.3 Å². The van der Waals surface area contributed by atoms with Gasteiger partial charge in [-0.2, -0.15) is 5.26 Å². The number of hydrogen-bond acceptors (Lipinski definition) is 5. The van der Waals surface area contributed by atoms with Crippen molar-refractivity contribution in [3.05, 3.63) is 22.2 Å². The minimum Gasteiger partial charge on any atom is -0.490 e. The Morgan fingerprint density at radius 2 is 2.08 bits per heavy atom. The van der Waals surface area contributed by atoms with E-state index >= 15 is 0 Å². The fraction of sp³-hybridized carbons (Fsp3) is 0.556. The molecule has 1 aromatic carbocycles. The summed E-state index contributed by atoms with van der Waals surface area (Å²) in [4.78, 5) is 16.5. The number of halogens is 1. The van der Waals surface area contributed by atoms with Crippen LogP contribution in [0.25, 0.3) is 0 Å². The van der Waals surface area contributed by atoms with Gasteiger partial charge in [0, 0.05) is 19.2 Å². The molecule has 1 aliphatic rings. The number of benzene rings is 1. The zero-order valence-corrected chi connectivity index (χ0v) is 16.5. The van der Waals surface area contributed by atoms with Crippen molar-refractivity contribution < 1.29 is 14.3 Å². The highest BCUT2D eigenvalue weighted by Gasteiger charge is 2.24. The maximum Gasteiger partial charge on any atom is 0.260 e. The topological polar surface area (TPSA) is 65.8 Å². The normalized spacial score (nSPS) is 15.5. The molecule has 1 aromatic rings. The molecule has 0 spiro atoms. The van der Waals surface area contributed by atoms with E-state index in [-0.39, 0.29) is 18.6 Å². The Labute approximate surface area is 157 Å². The highest BCUT2D eigenvalue weighted by molar-refractivity contribution is 9.10. The van der Waals surface area contributed by atoms with E-state index in [1.165, 1.54) is 0 Å². The third kappa shape index (κ3) is 5.10. The lowest BCUT2D eigenvalue weighted by Gasteiger charge is -2.35. The van der Waals surface area contributed by atoms with Gasteiger partial charge in [0.1, 0.15) is 0 Å². The Kier molecular flexibility index (Phi) is 7.09. The van der Waals surface area contributed by atoms with Gasteiger partial charge in [0.2, 0.25) is 0 Å². The van der Waals surface area contributed by atoms with Crippen molar-refractivity contribution in [1.29, 1.82) is 5.26 Å². The van der Waals surface area contributed by atoms with Gasteiger partial charge in [-0.1, -0.05) is 0 Å². The quantitative estimate of drug-likeness (QED) is 0.722. The molecular weight excluding hydrogens is 386 g/mol. The molecule has 0 saturated carbocycles. The van der Waals surface area contributed by atoms with E-state index < -0.39 is 0 Å². The van der Waals surface area contributed by atoms with Crippen LogP contribution in [-0.4, -0.2) is 62.1 Å². The van der Waals surface area contributed by atoms with Crippen LogP contribution in [0.1, 0.15) is 25.3 Å². The van der Waals surface area contributed by atoms with Crippen LogP contribution >= 0.6 is 15.9 Å². The summed E-state index contributed by atoms with van der Waals surface area (Å²) >= 11 is 3.39. The monoisotopic (exact) mass is 409 g/mol. The maximum atomic E-state index is 12.5. The number of carbonyl (C=O) groups is 1. The summed E-state index contributed by atoms with van der Waals surface area (Å²) in [5.41, 5.74) is 0.470. The van der Waals surface area contributed by atoms with E-state index in [1.54, 1.807) is 17.0 Å². The molecule has 0 atom stereocenters. The van der Waals surface area contributed by atoms with Crippen molar-refractivity contribution in [3.63, 3.8) is 0 Å². The standard InChI is InChI=1S/C18H24BrN3O3/c1-4-24-16-10-13(11-20)9-15(19)18(16)25-12-17(23)22(3)14-5-7-21(2)8-6-14/h9-10,14H,4-8,12H2,1-3H3. The van der Waals surface area contributed by atoms with E-state index in [2.05, 4.69) is 33.9 Å². The van der Waals surface area contributed by atoms with Gasteiger partial charge in [-0.05, 0) is 61.9 Å². The van der Waals surface area contributed by atoms with Crippen molar-refractivity contribution in [1.82, 2.24) is 9.80 Å². The van der Waals surface area contributed by atoms with Gasteiger partial charge in [0.25, 0.3) is 5.91 Å². The maximum absolute atomic E-state index is 12.5. The SMILES string of the molecule is CCOc1cc(C#N)cc(Br)c1OCC(=O)N(C)C1CCN(C)CC1. The van der Waals surface area contributed by atoms with Crippen LogP contribution in [0.4, 0.5) is 0 Å². The molecule has 0 radical (unpaired) electrons. The predicted octanol–water partition coefficient (Wildman–Crippen LogP) is 2.65. The molecule has 1 saturated heterocycles. The summed E-state index contributed by atoms with van der Waals surface area (Å²) in [7, 11) is 3.93. The van der Waals surface area contributed by atoms with E-state index in [9.17, 15) is 4.79 Å². The number of hydrogen-bond donors (Lipinski definition) is 0. The second-order valence-corrected chi connectivity index (χ2v) is 7.01. The van der Waals surface area contributed by atoms with Crippen molar-refractivity contribution in [2.24, 2.45) is 0 Å². The number of carbonyl (C=O) groups excluding carboxylic acids is 1. The van der Waals surface area contributed by atoms with Crippen LogP contribution in [0.5, 0.6) is 11.5 Å². The Balaban J connectivity index is 2.02. The first-order valence-electron chi connectivity index (χ1n) is 8.39. The van der Waals surface area contributed by atoms with E-state index in [1.807, 2.05) is 14.0 Å². The van der Waals surface area contributed by atoms with Gasteiger partial charge in [0.15, 0.2) is 18.1 Å². The van der Waals surface area contributed by atoms with Gasteiger partial charge >= 0.3 is 0 Å². The smallest absolute Gasteiger partial charge is 0.260 e. The average Bonchev–Trinajstić information content (AvgIpc) is 2.60. The molecule has 2 rings (SSSR count). The summed E-state index contributed by atoms with van der Waals surface area (Å²) in [5.74, 6) is 0.849. The van der Waals surface area contributed by atoms with Gasteiger partial charge in [-0.3, -0.25) is 4.79 Å². The predicted molar refractivity (Wildman–Crippen MR) is 98.8 cm³/mol. The third-order valence-electron chi connectivity index (χ3n) is 4.41. The molecule has 0 aliphatic carbocycles. The molecule has 6 nitrogen and oxygen atoms in total. The summed E-state index contributed by atoms with van der Waals surface area (Å²) in [6.45, 7) is 4.24. The Morgan fingerprint density at radius 1 is 1.40 bits per heavy atom. The Hall–Kier alpha value is -1.78. The molecule has 0 unspecified atom stereocenters. The average molecular weight is 410 g/mol. The number of piperidine rings is 1. The summed E-state index contributed by atoms with van der Waals surface area (Å²) < 4.78 is 11.9. The number of amides is 1. The lowest BCUT2D eigenvalue weighted by Crippen LogP contribution is -2.45. The van der Waals surface area contributed by atoms with Crippen molar-refractivity contribution in [3.8, 4) is 17.6 Å². The number of likely N-dealkylation sites (tertiary alicyclic amines) is 1. The first-order chi connectivity index (χ1) is 12.0. The molecule has 0 N–H and O–H groups in total. The fourth-order valence-electron chi connectivity index (χ4n) is 2.86. The molecule has 7 heteroatoms. The van der Waals surface area contributed by atoms with Crippen molar-refractivity contribution >= 4 is 21.8 Å². The fourth-order valence-corrected chi connectivity index (χ4v) is 3.41. The van der Waals surface area contributed by atoms with Crippen molar-refractivity contribution in [2.75, 3.05) is 40.4 Å². The Morgan fingerprint density at radius 3 is 2.68 bits per heavy atom. The molecular formula is C18H24BrN3O3. The number of rotatable bonds is 6. The molecule has 25 heavy (non-hydrogen) atoms. The molecule has 0 bridgehead atoms. The molecule has 1 aliphatic heterocycles. The highest BCUT2D eigenvalue weighted by atomic mass is 79.9. The number of nitriles is 1. The molecule has 1 amide bonds. The Bertz CT molecular complexity index is 652. The van der Waals surface area contributed by atoms with E-state index in [0.717, 1.165) is 25.9 Å². The zero-order valence-electron chi connectivity index (χ0n) is 14.9. The first kappa shape index (κ1) is 19.5. The summed E-state index contributed by atoms with van der Waals surface area (Å²) in [6, 6.07) is 5.61. The van der Waals surface area contributed by atoms with Crippen LogP contribution < -0.4 is 9.47 Å². The lowest BCUT2D eigenvalue weighted by atomic mass is 10.0. The van der Waals surface area contributed by atoms with Crippen LogP contribution in [0.15, 0.2) is 16.6 Å². The largest absolute Gasteiger partial charge is 0.490 e. The molecule has 1 heterocycles. The number of nitrogens with zero attached hydrogens (tertiary/aromatic N) is 3. The minimum atomic E-state index is -0.0621. The van der Waals surface area contributed by atoms with Crippen LogP contribution in [0.3, 0.4) is 0 Å². The summed E-state index contributed by atoms with van der Waals surface area (Å²) in [5, 5.41) is 9.07.